The van der Waals surface area contributed by atoms with Crippen LogP contribution in [0.5, 0.6) is 0 Å². The normalized spacial score (nSPS) is 6.57. The third-order valence-corrected chi connectivity index (χ3v) is 0.374. The summed E-state index contributed by atoms with van der Waals surface area (Å²) in [7, 11) is 1.62. The summed E-state index contributed by atoms with van der Waals surface area (Å²) in [5.41, 5.74) is 2.37. The van der Waals surface area contributed by atoms with E-state index in [1.54, 1.807) is 7.05 Å². The van der Waals surface area contributed by atoms with Gasteiger partial charge in [-0.05, 0) is 6.92 Å². The fraction of sp³-hybridized carbons (Fsp3) is 0.750. The molecule has 0 saturated heterocycles. The van der Waals surface area contributed by atoms with Crippen molar-refractivity contribution in [3.05, 3.63) is 4.85 Å². The Morgan fingerprint density at radius 2 is 2.57 bits per heavy atom. The van der Waals surface area contributed by atoms with Crippen molar-refractivity contribution in [2.24, 2.45) is 0 Å². The lowest BCUT2D eigenvalue weighted by Gasteiger charge is -1.79. The van der Waals surface area contributed by atoms with Gasteiger partial charge in [-0.1, -0.05) is 5.48 Å². The van der Waals surface area contributed by atoms with Crippen molar-refractivity contribution in [1.29, 1.82) is 0 Å². The first-order valence-corrected chi connectivity index (χ1v) is 2.12. The van der Waals surface area contributed by atoms with Crippen LogP contribution in [0.2, 0.25) is 0 Å². The lowest BCUT2D eigenvalue weighted by atomic mass is 10.9. The monoisotopic (exact) mass is 101 g/mol. The van der Waals surface area contributed by atoms with E-state index in [1.165, 1.54) is 0 Å². The average molecular weight is 101 g/mol. The molecule has 0 aromatic rings. The molecule has 0 atom stereocenters. The lowest BCUT2D eigenvalue weighted by Crippen LogP contribution is -2.04. The SMILES string of the molecule is CCONC#[N+]C. The van der Waals surface area contributed by atoms with Gasteiger partial charge in [0.1, 0.15) is 0 Å². The van der Waals surface area contributed by atoms with Crippen LogP contribution in [0, 0.1) is 6.19 Å². The van der Waals surface area contributed by atoms with Gasteiger partial charge in [0.15, 0.2) is 7.05 Å². The van der Waals surface area contributed by atoms with Gasteiger partial charge in [0.2, 0.25) is 0 Å². The van der Waals surface area contributed by atoms with E-state index in [4.69, 9.17) is 0 Å². The molecule has 3 heteroatoms. The highest BCUT2D eigenvalue weighted by Crippen LogP contribution is 1.58. The maximum absolute atomic E-state index is 4.62. The molecule has 3 nitrogen and oxygen atoms in total. The number of hydrogen-bond donors (Lipinski definition) is 1. The zero-order chi connectivity index (χ0) is 5.54. The molecule has 0 radical (unpaired) electrons. The van der Waals surface area contributed by atoms with Crippen LogP contribution in [0.1, 0.15) is 6.92 Å². The van der Waals surface area contributed by atoms with E-state index < -0.39 is 0 Å². The van der Waals surface area contributed by atoms with E-state index in [9.17, 15) is 0 Å². The fourth-order valence-electron chi connectivity index (χ4n) is 0.150. The summed E-state index contributed by atoms with van der Waals surface area (Å²) in [6.45, 7) is 2.51. The minimum Gasteiger partial charge on any atom is -0.202 e. The molecule has 0 amide bonds. The lowest BCUT2D eigenvalue weighted by molar-refractivity contribution is 0.0894. The van der Waals surface area contributed by atoms with Crippen molar-refractivity contribution in [1.82, 2.24) is 5.48 Å². The van der Waals surface area contributed by atoms with Gasteiger partial charge in [0.25, 0.3) is 0 Å². The van der Waals surface area contributed by atoms with Crippen molar-refractivity contribution < 1.29 is 4.84 Å². The van der Waals surface area contributed by atoms with Crippen LogP contribution in [-0.4, -0.2) is 13.7 Å². The van der Waals surface area contributed by atoms with Gasteiger partial charge in [-0.25, -0.2) is 4.85 Å². The molecule has 0 unspecified atom stereocenters. The molecule has 0 aliphatic rings. The number of hydrogen-bond acceptors (Lipinski definition) is 2. The van der Waals surface area contributed by atoms with E-state index in [1.807, 2.05) is 6.92 Å². The average Bonchev–Trinajstić information content (AvgIpc) is 1.69. The first-order valence-electron chi connectivity index (χ1n) is 2.12. The van der Waals surface area contributed by atoms with Crippen LogP contribution < -0.4 is 5.48 Å². The Kier molecular flexibility index (Phi) is 4.69. The highest BCUT2D eigenvalue weighted by atomic mass is 16.6. The Hall–Kier alpha value is -0.750. The summed E-state index contributed by atoms with van der Waals surface area (Å²) >= 11 is 0. The fourth-order valence-corrected chi connectivity index (χ4v) is 0.150. The van der Waals surface area contributed by atoms with Gasteiger partial charge in [0, 0.05) is 0 Å². The van der Waals surface area contributed by atoms with Crippen LogP contribution in [0.25, 0.3) is 4.85 Å². The minimum atomic E-state index is 0.628. The molecule has 0 aromatic carbocycles. The van der Waals surface area contributed by atoms with Crippen molar-refractivity contribution in [3.63, 3.8) is 0 Å². The summed E-state index contributed by atoms with van der Waals surface area (Å²) in [6, 6.07) is 0. The molecule has 0 saturated carbocycles. The topological polar surface area (TPSA) is 25.6 Å². The molecule has 0 aromatic heterocycles. The van der Waals surface area contributed by atoms with Gasteiger partial charge in [-0.15, -0.1) is 0 Å². The third kappa shape index (κ3) is 5.25. The van der Waals surface area contributed by atoms with Crippen molar-refractivity contribution in [3.8, 4) is 6.19 Å². The van der Waals surface area contributed by atoms with Crippen LogP contribution in [0.3, 0.4) is 0 Å². The Morgan fingerprint density at radius 1 is 1.86 bits per heavy atom. The predicted octanol–water partition coefficient (Wildman–Crippen LogP) is 0.448. The Bertz CT molecular complexity index is 81.4. The molecule has 0 spiro atoms. The molecule has 0 aliphatic carbocycles. The second-order valence-electron chi connectivity index (χ2n) is 0.870. The first kappa shape index (κ1) is 6.25. The van der Waals surface area contributed by atoms with Crippen LogP contribution >= 0.6 is 0 Å². The van der Waals surface area contributed by atoms with Gasteiger partial charge in [-0.3, -0.25) is 0 Å². The molecule has 0 fully saturated rings. The van der Waals surface area contributed by atoms with E-state index in [-0.39, 0.29) is 0 Å². The highest BCUT2D eigenvalue weighted by Gasteiger charge is 1.77. The summed E-state index contributed by atoms with van der Waals surface area (Å²) < 4.78 is 0. The number of hydroxylamine groups is 1. The largest absolute Gasteiger partial charge is 0.402 e. The third-order valence-electron chi connectivity index (χ3n) is 0.374. The molecule has 40 valence electrons. The molecule has 0 heterocycles. The second-order valence-corrected chi connectivity index (χ2v) is 0.870. The predicted molar refractivity (Wildman–Crippen MR) is 27.9 cm³/mol. The summed E-state index contributed by atoms with van der Waals surface area (Å²) in [6.07, 6.45) is 2.40. The van der Waals surface area contributed by atoms with Crippen molar-refractivity contribution in [2.75, 3.05) is 13.7 Å². The zero-order valence-corrected chi connectivity index (χ0v) is 4.56. The molecule has 0 rings (SSSR count). The molecule has 0 bridgehead atoms. The number of nitrogens with zero attached hydrogens (tertiary/aromatic N) is 1. The van der Waals surface area contributed by atoms with Crippen LogP contribution in [0.4, 0.5) is 0 Å². The molecule has 1 N–H and O–H groups in total. The van der Waals surface area contributed by atoms with Crippen molar-refractivity contribution >= 4 is 0 Å². The van der Waals surface area contributed by atoms with Gasteiger partial charge < -0.3 is 0 Å². The van der Waals surface area contributed by atoms with E-state index in [0.717, 1.165) is 0 Å². The quantitative estimate of drug-likeness (QED) is 0.236. The number of nitrogens with one attached hydrogen (secondary N) is 1. The zero-order valence-electron chi connectivity index (χ0n) is 4.56. The highest BCUT2D eigenvalue weighted by molar-refractivity contribution is 4.73. The molecule has 0 aliphatic heterocycles. The maximum Gasteiger partial charge on any atom is 0.402 e. The summed E-state index contributed by atoms with van der Waals surface area (Å²) in [5.74, 6) is 0. The van der Waals surface area contributed by atoms with Crippen LogP contribution in [0.15, 0.2) is 0 Å². The summed E-state index contributed by atoms with van der Waals surface area (Å²) in [4.78, 5) is 8.11. The van der Waals surface area contributed by atoms with E-state index in [2.05, 4.69) is 21.4 Å². The van der Waals surface area contributed by atoms with Gasteiger partial charge in [-0.2, -0.15) is 4.84 Å². The van der Waals surface area contributed by atoms with Gasteiger partial charge >= 0.3 is 6.19 Å². The number of rotatable bonds is 2. The van der Waals surface area contributed by atoms with Gasteiger partial charge in [0.05, 0.1) is 6.61 Å². The Labute approximate surface area is 43.1 Å². The Balaban J connectivity index is 2.78. The Morgan fingerprint density at radius 3 is 3.00 bits per heavy atom. The maximum atomic E-state index is 4.62. The minimum absolute atomic E-state index is 0.628. The first-order chi connectivity index (χ1) is 3.41. The van der Waals surface area contributed by atoms with Crippen LogP contribution in [-0.2, 0) is 4.84 Å². The van der Waals surface area contributed by atoms with E-state index in [0.29, 0.717) is 6.61 Å². The van der Waals surface area contributed by atoms with Crippen molar-refractivity contribution in [2.45, 2.75) is 6.92 Å². The molecule has 7 heavy (non-hydrogen) atoms. The summed E-state index contributed by atoms with van der Waals surface area (Å²) in [5, 5.41) is 0. The second kappa shape index (κ2) is 5.25. The van der Waals surface area contributed by atoms with E-state index >= 15 is 0 Å². The smallest absolute Gasteiger partial charge is 0.202 e. The molecular weight excluding hydrogens is 92.1 g/mol. The standard InChI is InChI=1S/C4H8N2O/c1-3-7-6-4-5-2/h3H2,1-2H3/p+1. The molecular formula is C4H9N2O+.